The molecule has 0 radical (unpaired) electrons. The highest BCUT2D eigenvalue weighted by atomic mass is 32.1. The number of hydrogen-bond acceptors (Lipinski definition) is 4. The van der Waals surface area contributed by atoms with Crippen molar-refractivity contribution in [3.63, 3.8) is 0 Å². The Morgan fingerprint density at radius 3 is 3.04 bits per heavy atom. The van der Waals surface area contributed by atoms with Crippen molar-refractivity contribution < 1.29 is 0 Å². The average molecular weight is 351 g/mol. The van der Waals surface area contributed by atoms with E-state index >= 15 is 0 Å². The van der Waals surface area contributed by atoms with Crippen molar-refractivity contribution in [2.75, 3.05) is 6.54 Å². The molecule has 0 aromatic carbocycles. The van der Waals surface area contributed by atoms with E-state index in [2.05, 4.69) is 16.3 Å². The molecule has 1 atom stereocenters. The summed E-state index contributed by atoms with van der Waals surface area (Å²) in [7, 11) is 0. The SMILES string of the molecule is Cc1cccn2c(=O)cc(CN3CCc4sccc4C3C3CC3)nc12. The summed E-state index contributed by atoms with van der Waals surface area (Å²) >= 11 is 1.89. The molecule has 5 heteroatoms. The monoisotopic (exact) mass is 351 g/mol. The zero-order valence-corrected chi connectivity index (χ0v) is 15.1. The van der Waals surface area contributed by atoms with Crippen LogP contribution in [-0.2, 0) is 13.0 Å². The summed E-state index contributed by atoms with van der Waals surface area (Å²) in [5, 5.41) is 2.23. The van der Waals surface area contributed by atoms with E-state index < -0.39 is 0 Å². The number of aryl methyl sites for hydroxylation is 1. The molecule has 4 nitrogen and oxygen atoms in total. The minimum Gasteiger partial charge on any atom is -0.290 e. The van der Waals surface area contributed by atoms with E-state index in [9.17, 15) is 4.79 Å². The van der Waals surface area contributed by atoms with Crippen LogP contribution in [0.3, 0.4) is 0 Å². The predicted molar refractivity (Wildman–Crippen MR) is 100 cm³/mol. The topological polar surface area (TPSA) is 37.6 Å². The van der Waals surface area contributed by atoms with Crippen LogP contribution in [0.2, 0.25) is 0 Å². The van der Waals surface area contributed by atoms with Gasteiger partial charge in [0.15, 0.2) is 0 Å². The van der Waals surface area contributed by atoms with Gasteiger partial charge in [-0.25, -0.2) is 4.98 Å². The van der Waals surface area contributed by atoms with Crippen LogP contribution in [0.25, 0.3) is 5.65 Å². The Morgan fingerprint density at radius 1 is 1.32 bits per heavy atom. The number of thiophene rings is 1. The second kappa shape index (κ2) is 5.78. The predicted octanol–water partition coefficient (Wildman–Crippen LogP) is 3.57. The molecular weight excluding hydrogens is 330 g/mol. The van der Waals surface area contributed by atoms with Crippen molar-refractivity contribution >= 4 is 17.0 Å². The number of rotatable bonds is 3. The smallest absolute Gasteiger partial charge is 0.258 e. The number of fused-ring (bicyclic) bond motifs is 2. The number of hydrogen-bond donors (Lipinski definition) is 0. The van der Waals surface area contributed by atoms with Crippen molar-refractivity contribution in [3.05, 3.63) is 67.9 Å². The molecule has 0 saturated heterocycles. The van der Waals surface area contributed by atoms with Crippen molar-refractivity contribution in [2.45, 2.75) is 38.8 Å². The first-order valence-electron chi connectivity index (χ1n) is 8.99. The fraction of sp³-hybridized carbons (Fsp3) is 0.400. The highest BCUT2D eigenvalue weighted by molar-refractivity contribution is 7.10. The molecule has 4 heterocycles. The highest BCUT2D eigenvalue weighted by Gasteiger charge is 2.39. The number of aromatic nitrogens is 2. The Labute approximate surface area is 150 Å². The van der Waals surface area contributed by atoms with E-state index in [-0.39, 0.29) is 5.56 Å². The van der Waals surface area contributed by atoms with Gasteiger partial charge in [0.2, 0.25) is 0 Å². The first kappa shape index (κ1) is 15.3. The van der Waals surface area contributed by atoms with Crippen molar-refractivity contribution in [3.8, 4) is 0 Å². The van der Waals surface area contributed by atoms with Crippen molar-refractivity contribution in [2.24, 2.45) is 5.92 Å². The third-order valence-electron chi connectivity index (χ3n) is 5.49. The molecule has 1 unspecified atom stereocenters. The van der Waals surface area contributed by atoms with Gasteiger partial charge in [-0.1, -0.05) is 6.07 Å². The standard InChI is InChI=1S/C20H21N3OS/c1-13-3-2-8-23-18(24)11-15(21-20(13)23)12-22-9-6-17-16(7-10-25-17)19(22)14-4-5-14/h2-3,7-8,10-11,14,19H,4-6,9,12H2,1H3. The Bertz CT molecular complexity index is 1000. The summed E-state index contributed by atoms with van der Waals surface area (Å²) in [5.41, 5.74) is 4.25. The Hall–Kier alpha value is -1.98. The van der Waals surface area contributed by atoms with E-state index in [1.54, 1.807) is 21.5 Å². The molecule has 0 spiro atoms. The fourth-order valence-corrected chi connectivity index (χ4v) is 5.05. The van der Waals surface area contributed by atoms with E-state index in [0.717, 1.165) is 42.3 Å². The summed E-state index contributed by atoms with van der Waals surface area (Å²) in [6.45, 7) is 3.83. The molecule has 1 aliphatic carbocycles. The molecule has 0 N–H and O–H groups in total. The first-order chi connectivity index (χ1) is 12.2. The summed E-state index contributed by atoms with van der Waals surface area (Å²) < 4.78 is 1.64. The third kappa shape index (κ3) is 2.62. The number of nitrogens with zero attached hydrogens (tertiary/aromatic N) is 3. The molecule has 1 aliphatic heterocycles. The van der Waals surface area contributed by atoms with Crippen molar-refractivity contribution in [1.29, 1.82) is 0 Å². The molecule has 1 saturated carbocycles. The lowest BCUT2D eigenvalue weighted by atomic mass is 9.95. The summed E-state index contributed by atoms with van der Waals surface area (Å²) in [6, 6.07) is 8.43. The largest absolute Gasteiger partial charge is 0.290 e. The minimum absolute atomic E-state index is 0.0138. The molecule has 25 heavy (non-hydrogen) atoms. The molecule has 0 amide bonds. The van der Waals surface area contributed by atoms with E-state index in [0.29, 0.717) is 6.04 Å². The number of pyridine rings is 1. The quantitative estimate of drug-likeness (QED) is 0.724. The van der Waals surface area contributed by atoms with Gasteiger partial charge in [-0.15, -0.1) is 11.3 Å². The molecule has 0 bridgehead atoms. The molecular formula is C20H21N3OS. The van der Waals surface area contributed by atoms with Gasteiger partial charge in [0.25, 0.3) is 5.56 Å². The van der Waals surface area contributed by atoms with E-state index in [4.69, 9.17) is 4.98 Å². The van der Waals surface area contributed by atoms with Gasteiger partial charge in [-0.05, 0) is 60.7 Å². The normalized spacial score (nSPS) is 20.8. The molecule has 2 aliphatic rings. The van der Waals surface area contributed by atoms with Gasteiger partial charge in [-0.2, -0.15) is 0 Å². The summed E-state index contributed by atoms with van der Waals surface area (Å²) in [5.74, 6) is 0.775. The van der Waals surface area contributed by atoms with E-state index in [1.165, 1.54) is 18.4 Å². The van der Waals surface area contributed by atoms with Crippen LogP contribution in [0.1, 0.15) is 40.6 Å². The zero-order valence-electron chi connectivity index (χ0n) is 14.3. The molecule has 1 fully saturated rings. The Kier molecular flexibility index (Phi) is 3.54. The van der Waals surface area contributed by atoms with Gasteiger partial charge in [0, 0.05) is 36.3 Å². The van der Waals surface area contributed by atoms with Crippen LogP contribution in [-0.4, -0.2) is 20.8 Å². The first-order valence-corrected chi connectivity index (χ1v) is 9.87. The molecule has 5 rings (SSSR count). The second-order valence-corrected chi connectivity index (χ2v) is 8.27. The van der Waals surface area contributed by atoms with Crippen molar-refractivity contribution in [1.82, 2.24) is 14.3 Å². The average Bonchev–Trinajstić information content (AvgIpc) is 3.32. The van der Waals surface area contributed by atoms with Gasteiger partial charge < -0.3 is 0 Å². The highest BCUT2D eigenvalue weighted by Crippen LogP contribution is 2.48. The van der Waals surface area contributed by atoms with Gasteiger partial charge in [-0.3, -0.25) is 14.1 Å². The molecule has 3 aromatic heterocycles. The van der Waals surface area contributed by atoms with Gasteiger partial charge >= 0.3 is 0 Å². The van der Waals surface area contributed by atoms with Crippen LogP contribution < -0.4 is 5.56 Å². The summed E-state index contributed by atoms with van der Waals surface area (Å²) in [6.07, 6.45) is 5.56. The lowest BCUT2D eigenvalue weighted by Crippen LogP contribution is -2.36. The van der Waals surface area contributed by atoms with Crippen LogP contribution in [0, 0.1) is 12.8 Å². The maximum atomic E-state index is 12.5. The minimum atomic E-state index is 0.0138. The van der Waals surface area contributed by atoms with Crippen LogP contribution in [0.15, 0.2) is 40.6 Å². The lowest BCUT2D eigenvalue weighted by Gasteiger charge is -2.36. The third-order valence-corrected chi connectivity index (χ3v) is 6.49. The Balaban J connectivity index is 1.52. The van der Waals surface area contributed by atoms with E-state index in [1.807, 2.05) is 30.4 Å². The van der Waals surface area contributed by atoms with Gasteiger partial charge in [0.1, 0.15) is 5.65 Å². The maximum absolute atomic E-state index is 12.5. The lowest BCUT2D eigenvalue weighted by molar-refractivity contribution is 0.156. The van der Waals surface area contributed by atoms with Crippen LogP contribution in [0.5, 0.6) is 0 Å². The van der Waals surface area contributed by atoms with Gasteiger partial charge in [0.05, 0.1) is 5.69 Å². The molecule has 128 valence electrons. The second-order valence-electron chi connectivity index (χ2n) is 7.27. The summed E-state index contributed by atoms with van der Waals surface area (Å²) in [4.78, 5) is 21.4. The maximum Gasteiger partial charge on any atom is 0.258 e. The Morgan fingerprint density at radius 2 is 2.20 bits per heavy atom. The van der Waals surface area contributed by atoms with Crippen LogP contribution >= 0.6 is 11.3 Å². The van der Waals surface area contributed by atoms with Crippen LogP contribution in [0.4, 0.5) is 0 Å². The zero-order chi connectivity index (χ0) is 17.0. The fourth-order valence-electron chi connectivity index (χ4n) is 4.14. The molecule has 3 aromatic rings.